The van der Waals surface area contributed by atoms with Crippen molar-refractivity contribution in [2.24, 2.45) is 0 Å². The van der Waals surface area contributed by atoms with Crippen molar-refractivity contribution in [1.29, 1.82) is 0 Å². The summed E-state index contributed by atoms with van der Waals surface area (Å²) in [5.74, 6) is 0. The molecule has 0 atom stereocenters. The number of benzene rings is 1. The summed E-state index contributed by atoms with van der Waals surface area (Å²) in [7, 11) is 0. The molecule has 100 valence electrons. The van der Waals surface area contributed by atoms with E-state index in [-0.39, 0.29) is 0 Å². The number of aryl methyl sites for hydroxylation is 1. The van der Waals surface area contributed by atoms with Gasteiger partial charge in [0.05, 0.1) is 0 Å². The predicted molar refractivity (Wildman–Crippen MR) is 82.3 cm³/mol. The Labute approximate surface area is 119 Å². The molecule has 3 heteroatoms. The van der Waals surface area contributed by atoms with Crippen molar-refractivity contribution in [3.05, 3.63) is 28.2 Å². The standard InChI is InChI=1S/C15H23BrN2/c1-3-9-18-10-7-13(8-11-18)17-14-6-4-5-12(2)15(14)16/h4-6,13,17H,3,7-11H2,1-2H3. The van der Waals surface area contributed by atoms with Crippen molar-refractivity contribution < 1.29 is 0 Å². The van der Waals surface area contributed by atoms with Gasteiger partial charge in [-0.15, -0.1) is 0 Å². The SMILES string of the molecule is CCCN1CCC(Nc2cccc(C)c2Br)CC1. The zero-order valence-electron chi connectivity index (χ0n) is 11.4. The Kier molecular flexibility index (Phi) is 5.07. The van der Waals surface area contributed by atoms with Crippen molar-refractivity contribution in [2.45, 2.75) is 39.2 Å². The largest absolute Gasteiger partial charge is 0.381 e. The molecule has 1 aliphatic heterocycles. The van der Waals surface area contributed by atoms with E-state index in [1.165, 1.54) is 54.6 Å². The minimum absolute atomic E-state index is 0.621. The van der Waals surface area contributed by atoms with E-state index in [9.17, 15) is 0 Å². The first-order valence-electron chi connectivity index (χ1n) is 6.94. The van der Waals surface area contributed by atoms with Gasteiger partial charge in [-0.2, -0.15) is 0 Å². The molecule has 1 N–H and O–H groups in total. The highest BCUT2D eigenvalue weighted by Crippen LogP contribution is 2.27. The molecule has 1 heterocycles. The lowest BCUT2D eigenvalue weighted by Gasteiger charge is -2.32. The Bertz CT molecular complexity index is 384. The molecule has 0 unspecified atom stereocenters. The van der Waals surface area contributed by atoms with Crippen LogP contribution in [0.3, 0.4) is 0 Å². The van der Waals surface area contributed by atoms with Crippen LogP contribution in [-0.4, -0.2) is 30.6 Å². The summed E-state index contributed by atoms with van der Waals surface area (Å²) in [4.78, 5) is 2.57. The minimum atomic E-state index is 0.621. The summed E-state index contributed by atoms with van der Waals surface area (Å²) >= 11 is 3.67. The number of likely N-dealkylation sites (tertiary alicyclic amines) is 1. The molecule has 0 bridgehead atoms. The third-order valence-corrected chi connectivity index (χ3v) is 4.73. The molecule has 0 amide bonds. The molecule has 1 fully saturated rings. The second-order valence-electron chi connectivity index (χ2n) is 5.20. The molecule has 0 aliphatic carbocycles. The average Bonchev–Trinajstić information content (AvgIpc) is 2.38. The van der Waals surface area contributed by atoms with Gasteiger partial charge in [-0.25, -0.2) is 0 Å². The summed E-state index contributed by atoms with van der Waals surface area (Å²) in [6.45, 7) is 8.11. The van der Waals surface area contributed by atoms with E-state index in [0.717, 1.165) is 0 Å². The van der Waals surface area contributed by atoms with Gasteiger partial charge in [0.25, 0.3) is 0 Å². The topological polar surface area (TPSA) is 15.3 Å². The summed E-state index contributed by atoms with van der Waals surface area (Å²) in [5, 5.41) is 3.68. The van der Waals surface area contributed by atoms with Crippen LogP contribution in [0.1, 0.15) is 31.7 Å². The van der Waals surface area contributed by atoms with Gasteiger partial charge < -0.3 is 10.2 Å². The van der Waals surface area contributed by atoms with Gasteiger partial charge in [-0.3, -0.25) is 0 Å². The molecule has 1 aromatic rings. The summed E-state index contributed by atoms with van der Waals surface area (Å²) < 4.78 is 1.21. The van der Waals surface area contributed by atoms with E-state index in [0.29, 0.717) is 6.04 Å². The normalized spacial score (nSPS) is 17.9. The van der Waals surface area contributed by atoms with E-state index in [1.54, 1.807) is 0 Å². The van der Waals surface area contributed by atoms with Crippen LogP contribution >= 0.6 is 15.9 Å². The number of rotatable bonds is 4. The lowest BCUT2D eigenvalue weighted by molar-refractivity contribution is 0.219. The van der Waals surface area contributed by atoms with Crippen LogP contribution < -0.4 is 5.32 Å². The first kappa shape index (κ1) is 13.9. The number of hydrogen-bond acceptors (Lipinski definition) is 2. The summed E-state index contributed by atoms with van der Waals surface area (Å²) in [6, 6.07) is 7.04. The molecule has 2 rings (SSSR count). The smallest absolute Gasteiger partial charge is 0.0489 e. The third kappa shape index (κ3) is 3.48. The van der Waals surface area contributed by atoms with Gasteiger partial charge in [0, 0.05) is 29.3 Å². The number of piperidine rings is 1. The predicted octanol–water partition coefficient (Wildman–Crippen LogP) is 4.04. The number of nitrogens with zero attached hydrogens (tertiary/aromatic N) is 1. The molecule has 0 saturated carbocycles. The second kappa shape index (κ2) is 6.58. The van der Waals surface area contributed by atoms with Crippen molar-refractivity contribution in [3.63, 3.8) is 0 Å². The Morgan fingerprint density at radius 3 is 2.72 bits per heavy atom. The zero-order valence-corrected chi connectivity index (χ0v) is 13.0. The quantitative estimate of drug-likeness (QED) is 0.902. The number of nitrogens with one attached hydrogen (secondary N) is 1. The van der Waals surface area contributed by atoms with Crippen LogP contribution in [0, 0.1) is 6.92 Å². The van der Waals surface area contributed by atoms with E-state index in [1.807, 2.05) is 0 Å². The lowest BCUT2D eigenvalue weighted by atomic mass is 10.0. The lowest BCUT2D eigenvalue weighted by Crippen LogP contribution is -2.39. The van der Waals surface area contributed by atoms with Crippen LogP contribution in [0.2, 0.25) is 0 Å². The van der Waals surface area contributed by atoms with Gasteiger partial charge in [-0.05, 0) is 60.3 Å². The maximum Gasteiger partial charge on any atom is 0.0489 e. The molecule has 0 radical (unpaired) electrons. The van der Waals surface area contributed by atoms with Crippen molar-refractivity contribution in [3.8, 4) is 0 Å². The number of anilines is 1. The van der Waals surface area contributed by atoms with Crippen LogP contribution in [0.5, 0.6) is 0 Å². The fourth-order valence-electron chi connectivity index (χ4n) is 2.60. The zero-order chi connectivity index (χ0) is 13.0. The maximum absolute atomic E-state index is 3.68. The monoisotopic (exact) mass is 310 g/mol. The first-order chi connectivity index (χ1) is 8.70. The van der Waals surface area contributed by atoms with Gasteiger partial charge in [0.2, 0.25) is 0 Å². The molecule has 1 aliphatic rings. The van der Waals surface area contributed by atoms with Crippen molar-refractivity contribution in [1.82, 2.24) is 4.90 Å². The Morgan fingerprint density at radius 1 is 1.33 bits per heavy atom. The van der Waals surface area contributed by atoms with E-state index in [2.05, 4.69) is 58.2 Å². The number of hydrogen-bond donors (Lipinski definition) is 1. The van der Waals surface area contributed by atoms with Crippen LogP contribution in [0.15, 0.2) is 22.7 Å². The molecule has 0 aromatic heterocycles. The molecule has 18 heavy (non-hydrogen) atoms. The third-order valence-electron chi connectivity index (χ3n) is 3.68. The summed E-state index contributed by atoms with van der Waals surface area (Å²) in [6.07, 6.45) is 3.77. The summed E-state index contributed by atoms with van der Waals surface area (Å²) in [5.41, 5.74) is 2.53. The fraction of sp³-hybridized carbons (Fsp3) is 0.600. The van der Waals surface area contributed by atoms with Crippen LogP contribution in [-0.2, 0) is 0 Å². The Balaban J connectivity index is 1.90. The highest BCUT2D eigenvalue weighted by Gasteiger charge is 2.18. The molecule has 0 spiro atoms. The molecule has 2 nitrogen and oxygen atoms in total. The molecule has 1 aromatic carbocycles. The molecular formula is C15H23BrN2. The highest BCUT2D eigenvalue weighted by molar-refractivity contribution is 9.10. The van der Waals surface area contributed by atoms with Crippen molar-refractivity contribution >= 4 is 21.6 Å². The fourth-order valence-corrected chi connectivity index (χ4v) is 2.97. The van der Waals surface area contributed by atoms with Gasteiger partial charge in [0.15, 0.2) is 0 Å². The highest BCUT2D eigenvalue weighted by atomic mass is 79.9. The van der Waals surface area contributed by atoms with Gasteiger partial charge in [-0.1, -0.05) is 19.1 Å². The molecular weight excluding hydrogens is 288 g/mol. The van der Waals surface area contributed by atoms with E-state index >= 15 is 0 Å². The average molecular weight is 311 g/mol. The number of halogens is 1. The Hall–Kier alpha value is -0.540. The van der Waals surface area contributed by atoms with Gasteiger partial charge >= 0.3 is 0 Å². The first-order valence-corrected chi connectivity index (χ1v) is 7.74. The Morgan fingerprint density at radius 2 is 2.06 bits per heavy atom. The van der Waals surface area contributed by atoms with E-state index in [4.69, 9.17) is 0 Å². The second-order valence-corrected chi connectivity index (χ2v) is 5.99. The molecule has 1 saturated heterocycles. The van der Waals surface area contributed by atoms with Gasteiger partial charge in [0.1, 0.15) is 0 Å². The maximum atomic E-state index is 3.68. The van der Waals surface area contributed by atoms with Crippen LogP contribution in [0.4, 0.5) is 5.69 Å². The van der Waals surface area contributed by atoms with Crippen LogP contribution in [0.25, 0.3) is 0 Å². The van der Waals surface area contributed by atoms with Crippen molar-refractivity contribution in [2.75, 3.05) is 25.0 Å². The minimum Gasteiger partial charge on any atom is -0.381 e. The van der Waals surface area contributed by atoms with E-state index < -0.39 is 0 Å².